The number of carboxylic acids is 2. The standard InChI is InChI=1S/C19H16N2O5S/c1-2-13(18(25)26)21-14-9-5-6-10-15(14)27-19(21)20-16(22)11-7-3-4-8-12(11)17(23)24/h3-10,13H,2H2,1H3,(H,23,24)(H,25,26)/b20-19+. The number of thiazole rings is 1. The average molecular weight is 384 g/mol. The fourth-order valence-corrected chi connectivity index (χ4v) is 3.91. The fourth-order valence-electron chi connectivity index (χ4n) is 2.84. The van der Waals surface area contributed by atoms with Crippen molar-refractivity contribution in [2.24, 2.45) is 4.99 Å². The summed E-state index contributed by atoms with van der Waals surface area (Å²) in [5.74, 6) is -2.98. The van der Waals surface area contributed by atoms with Crippen LogP contribution in [0.5, 0.6) is 0 Å². The molecule has 0 aliphatic heterocycles. The van der Waals surface area contributed by atoms with Crippen LogP contribution in [0.25, 0.3) is 10.2 Å². The summed E-state index contributed by atoms with van der Waals surface area (Å²) >= 11 is 1.19. The van der Waals surface area contributed by atoms with E-state index in [1.807, 2.05) is 12.1 Å². The summed E-state index contributed by atoms with van der Waals surface area (Å²) in [5, 5.41) is 18.9. The smallest absolute Gasteiger partial charge is 0.336 e. The summed E-state index contributed by atoms with van der Waals surface area (Å²) < 4.78 is 2.30. The van der Waals surface area contributed by atoms with Crippen molar-refractivity contribution in [3.05, 3.63) is 64.5 Å². The Labute approximate surface area is 157 Å². The lowest BCUT2D eigenvalue weighted by atomic mass is 10.1. The zero-order valence-corrected chi connectivity index (χ0v) is 15.1. The van der Waals surface area contributed by atoms with Gasteiger partial charge in [0, 0.05) is 0 Å². The van der Waals surface area contributed by atoms with Gasteiger partial charge in [-0.2, -0.15) is 4.99 Å². The van der Waals surface area contributed by atoms with Crippen molar-refractivity contribution in [1.82, 2.24) is 4.57 Å². The summed E-state index contributed by atoms with van der Waals surface area (Å²) in [7, 11) is 0. The molecular weight excluding hydrogens is 368 g/mol. The zero-order valence-electron chi connectivity index (χ0n) is 14.3. The number of nitrogens with zero attached hydrogens (tertiary/aromatic N) is 2. The second-order valence-electron chi connectivity index (χ2n) is 5.75. The monoisotopic (exact) mass is 384 g/mol. The first kappa shape index (κ1) is 18.5. The predicted molar refractivity (Wildman–Crippen MR) is 100 cm³/mol. The van der Waals surface area contributed by atoms with E-state index in [4.69, 9.17) is 0 Å². The molecule has 1 aromatic heterocycles. The van der Waals surface area contributed by atoms with E-state index in [-0.39, 0.29) is 15.9 Å². The molecule has 0 aliphatic carbocycles. The average Bonchev–Trinajstić information content (AvgIpc) is 3.00. The Morgan fingerprint density at radius 1 is 1.04 bits per heavy atom. The molecule has 0 fully saturated rings. The number of aromatic nitrogens is 1. The first-order valence-electron chi connectivity index (χ1n) is 8.18. The molecule has 3 rings (SSSR count). The van der Waals surface area contributed by atoms with Gasteiger partial charge in [0.25, 0.3) is 5.91 Å². The van der Waals surface area contributed by atoms with Gasteiger partial charge < -0.3 is 14.8 Å². The first-order valence-corrected chi connectivity index (χ1v) is 9.00. The molecule has 1 amide bonds. The Morgan fingerprint density at radius 3 is 2.30 bits per heavy atom. The fraction of sp³-hybridized carbons (Fsp3) is 0.158. The highest BCUT2D eigenvalue weighted by Gasteiger charge is 2.22. The maximum Gasteiger partial charge on any atom is 0.336 e. The number of aliphatic carboxylic acids is 1. The summed E-state index contributed by atoms with van der Waals surface area (Å²) in [6.45, 7) is 1.74. The van der Waals surface area contributed by atoms with Gasteiger partial charge in [-0.1, -0.05) is 42.5 Å². The van der Waals surface area contributed by atoms with Crippen LogP contribution in [-0.4, -0.2) is 32.6 Å². The van der Waals surface area contributed by atoms with Gasteiger partial charge in [0.2, 0.25) is 0 Å². The van der Waals surface area contributed by atoms with Gasteiger partial charge in [0.1, 0.15) is 6.04 Å². The van der Waals surface area contributed by atoms with Crippen molar-refractivity contribution in [3.63, 3.8) is 0 Å². The van der Waals surface area contributed by atoms with E-state index in [0.29, 0.717) is 11.9 Å². The van der Waals surface area contributed by atoms with Crippen LogP contribution < -0.4 is 4.80 Å². The molecule has 8 heteroatoms. The van der Waals surface area contributed by atoms with Gasteiger partial charge in [-0.3, -0.25) is 4.79 Å². The van der Waals surface area contributed by atoms with Crippen LogP contribution in [0.15, 0.2) is 53.5 Å². The van der Waals surface area contributed by atoms with Crippen molar-refractivity contribution < 1.29 is 24.6 Å². The molecule has 0 aliphatic rings. The number of benzene rings is 2. The van der Waals surface area contributed by atoms with Crippen LogP contribution in [0, 0.1) is 0 Å². The number of hydrogen-bond donors (Lipinski definition) is 2. The molecule has 1 unspecified atom stereocenters. The molecule has 0 saturated carbocycles. The second kappa shape index (κ2) is 7.55. The predicted octanol–water partition coefficient (Wildman–Crippen LogP) is 3.18. The summed E-state index contributed by atoms with van der Waals surface area (Å²) in [4.78, 5) is 40.0. The van der Waals surface area contributed by atoms with Gasteiger partial charge in [-0.15, -0.1) is 0 Å². The van der Waals surface area contributed by atoms with E-state index in [1.54, 1.807) is 25.1 Å². The van der Waals surface area contributed by atoms with Gasteiger partial charge in [-0.05, 0) is 30.7 Å². The molecule has 1 heterocycles. The van der Waals surface area contributed by atoms with Crippen LogP contribution in [-0.2, 0) is 4.79 Å². The van der Waals surface area contributed by atoms with E-state index in [1.165, 1.54) is 34.1 Å². The van der Waals surface area contributed by atoms with Crippen molar-refractivity contribution in [2.45, 2.75) is 19.4 Å². The van der Waals surface area contributed by atoms with Crippen molar-refractivity contribution in [1.29, 1.82) is 0 Å². The van der Waals surface area contributed by atoms with Crippen LogP contribution in [0.2, 0.25) is 0 Å². The maximum absolute atomic E-state index is 12.7. The molecular formula is C19H16N2O5S. The lowest BCUT2D eigenvalue weighted by Gasteiger charge is -2.13. The number of fused-ring (bicyclic) bond motifs is 1. The quantitative estimate of drug-likeness (QED) is 0.702. The lowest BCUT2D eigenvalue weighted by molar-refractivity contribution is -0.140. The van der Waals surface area contributed by atoms with E-state index in [9.17, 15) is 24.6 Å². The number of carboxylic acid groups (broad SMARTS) is 2. The Hall–Kier alpha value is -3.26. The third-order valence-electron chi connectivity index (χ3n) is 4.10. The summed E-state index contributed by atoms with van der Waals surface area (Å²) in [6.07, 6.45) is 0.309. The van der Waals surface area contributed by atoms with Crippen molar-refractivity contribution >= 4 is 39.4 Å². The minimum Gasteiger partial charge on any atom is -0.480 e. The third kappa shape index (κ3) is 3.52. The van der Waals surface area contributed by atoms with Crippen molar-refractivity contribution in [2.75, 3.05) is 0 Å². The number of hydrogen-bond acceptors (Lipinski definition) is 4. The first-order chi connectivity index (χ1) is 12.9. The number of para-hydroxylation sites is 1. The Morgan fingerprint density at radius 2 is 1.67 bits per heavy atom. The van der Waals surface area contributed by atoms with Crippen LogP contribution in [0.3, 0.4) is 0 Å². The molecule has 1 atom stereocenters. The molecule has 0 radical (unpaired) electrons. The SMILES string of the molecule is CCC(C(=O)O)n1/c(=N\C(=O)c2ccccc2C(=O)O)sc2ccccc21. The topological polar surface area (TPSA) is 109 Å². The number of carbonyl (C=O) groups excluding carboxylic acids is 1. The molecule has 27 heavy (non-hydrogen) atoms. The zero-order chi connectivity index (χ0) is 19.6. The normalized spacial score (nSPS) is 12.9. The van der Waals surface area contributed by atoms with Crippen LogP contribution >= 0.6 is 11.3 Å². The van der Waals surface area contributed by atoms with Gasteiger partial charge in [-0.25, -0.2) is 9.59 Å². The molecule has 0 saturated heterocycles. The highest BCUT2D eigenvalue weighted by molar-refractivity contribution is 7.16. The highest BCUT2D eigenvalue weighted by Crippen LogP contribution is 2.22. The number of amides is 1. The minimum atomic E-state index is -1.23. The van der Waals surface area contributed by atoms with Gasteiger partial charge >= 0.3 is 11.9 Å². The van der Waals surface area contributed by atoms with Crippen LogP contribution in [0.4, 0.5) is 0 Å². The molecule has 0 bridgehead atoms. The largest absolute Gasteiger partial charge is 0.480 e. The Balaban J connectivity index is 2.24. The number of aromatic carboxylic acids is 1. The summed E-state index contributed by atoms with van der Waals surface area (Å²) in [6, 6.07) is 12.1. The van der Waals surface area contributed by atoms with E-state index < -0.39 is 23.9 Å². The number of rotatable bonds is 5. The van der Waals surface area contributed by atoms with E-state index in [0.717, 1.165) is 4.70 Å². The second-order valence-corrected chi connectivity index (χ2v) is 6.76. The van der Waals surface area contributed by atoms with Gasteiger partial charge in [0.05, 0.1) is 21.3 Å². The molecule has 3 aromatic rings. The number of carbonyl (C=O) groups is 3. The van der Waals surface area contributed by atoms with Crippen molar-refractivity contribution in [3.8, 4) is 0 Å². The molecule has 138 valence electrons. The van der Waals surface area contributed by atoms with Gasteiger partial charge in [0.15, 0.2) is 4.80 Å². The minimum absolute atomic E-state index is 0.0441. The third-order valence-corrected chi connectivity index (χ3v) is 5.14. The Bertz CT molecular complexity index is 1110. The Kier molecular flexibility index (Phi) is 5.18. The molecule has 0 spiro atoms. The molecule has 2 aromatic carbocycles. The molecule has 7 nitrogen and oxygen atoms in total. The van der Waals surface area contributed by atoms with Crippen LogP contribution in [0.1, 0.15) is 40.1 Å². The highest BCUT2D eigenvalue weighted by atomic mass is 32.1. The maximum atomic E-state index is 12.7. The molecule has 2 N–H and O–H groups in total. The summed E-state index contributed by atoms with van der Waals surface area (Å²) in [5.41, 5.74) is 0.469. The lowest BCUT2D eigenvalue weighted by Crippen LogP contribution is -2.27. The van der Waals surface area contributed by atoms with E-state index >= 15 is 0 Å². The van der Waals surface area contributed by atoms with E-state index in [2.05, 4.69) is 4.99 Å².